The fourth-order valence-electron chi connectivity index (χ4n) is 1.75. The quantitative estimate of drug-likeness (QED) is 0.600. The van der Waals surface area contributed by atoms with Crippen LogP contribution >= 0.6 is 23.2 Å². The Balaban J connectivity index is 1.91. The first-order valence-electron chi connectivity index (χ1n) is 6.79. The van der Waals surface area contributed by atoms with E-state index in [1.54, 1.807) is 0 Å². The van der Waals surface area contributed by atoms with Gasteiger partial charge in [-0.3, -0.25) is 20.2 Å². The van der Waals surface area contributed by atoms with Crippen LogP contribution in [0.2, 0.25) is 10.0 Å². The van der Waals surface area contributed by atoms with Crippen LogP contribution < -0.4 is 10.9 Å². The average molecular weight is 391 g/mol. The smallest absolute Gasteiger partial charge is 0.286 e. The molecule has 0 saturated carbocycles. The highest BCUT2D eigenvalue weighted by atomic mass is 35.5. The highest BCUT2D eigenvalue weighted by Gasteiger charge is 2.30. The van der Waals surface area contributed by atoms with E-state index in [9.17, 15) is 18.0 Å². The van der Waals surface area contributed by atoms with Crippen LogP contribution in [0.15, 0.2) is 41.7 Å². The second-order valence-electron chi connectivity index (χ2n) is 4.73. The molecule has 0 spiro atoms. The number of halogens is 5. The highest BCUT2D eigenvalue weighted by Crippen LogP contribution is 2.31. The van der Waals surface area contributed by atoms with E-state index >= 15 is 0 Å². The Labute approximate surface area is 150 Å². The van der Waals surface area contributed by atoms with Crippen molar-refractivity contribution in [3.63, 3.8) is 0 Å². The van der Waals surface area contributed by atoms with E-state index in [-0.39, 0.29) is 12.2 Å². The minimum Gasteiger partial charge on any atom is -0.286 e. The number of benzene rings is 1. The third-order valence-corrected chi connectivity index (χ3v) is 3.58. The average Bonchev–Trinajstić information content (AvgIpc) is 2.55. The van der Waals surface area contributed by atoms with Gasteiger partial charge in [-0.1, -0.05) is 29.3 Å². The van der Waals surface area contributed by atoms with Gasteiger partial charge in [0, 0.05) is 24.5 Å². The van der Waals surface area contributed by atoms with Crippen LogP contribution in [0.25, 0.3) is 0 Å². The number of aromatic nitrogens is 1. The second kappa shape index (κ2) is 8.28. The fourth-order valence-corrected chi connectivity index (χ4v) is 2.25. The third kappa shape index (κ3) is 5.70. The molecule has 2 rings (SSSR count). The molecule has 0 aliphatic rings. The molecule has 1 aromatic carbocycles. The number of hydrogen-bond acceptors (Lipinski definition) is 4. The molecule has 0 saturated heterocycles. The molecular formula is C15H11Cl2F3N4O. The van der Waals surface area contributed by atoms with Crippen molar-refractivity contribution in [3.05, 3.63) is 57.8 Å². The van der Waals surface area contributed by atoms with Crippen molar-refractivity contribution in [1.29, 1.82) is 0 Å². The monoisotopic (exact) mass is 390 g/mol. The SMILES string of the molecule is O=C(C=Nc1cccc(C(F)(F)F)c1)NNCc1c(Cl)cncc1Cl. The summed E-state index contributed by atoms with van der Waals surface area (Å²) in [5.41, 5.74) is 4.59. The van der Waals surface area contributed by atoms with E-state index in [1.807, 2.05) is 0 Å². The molecule has 0 aliphatic heterocycles. The number of nitrogens with zero attached hydrogens (tertiary/aromatic N) is 2. The fraction of sp³-hybridized carbons (Fsp3) is 0.133. The van der Waals surface area contributed by atoms with E-state index in [1.165, 1.54) is 24.5 Å². The number of nitrogens with one attached hydrogen (secondary N) is 2. The molecule has 5 nitrogen and oxygen atoms in total. The molecule has 0 bridgehead atoms. The minimum atomic E-state index is -4.47. The largest absolute Gasteiger partial charge is 0.416 e. The molecule has 1 aromatic heterocycles. The van der Waals surface area contributed by atoms with E-state index in [2.05, 4.69) is 20.8 Å². The lowest BCUT2D eigenvalue weighted by molar-refractivity contribution is -0.137. The summed E-state index contributed by atoms with van der Waals surface area (Å²) < 4.78 is 37.8. The Bertz CT molecular complexity index is 776. The number of carbonyl (C=O) groups excluding carboxylic acids is 1. The van der Waals surface area contributed by atoms with Crippen molar-refractivity contribution in [2.45, 2.75) is 12.7 Å². The Morgan fingerprint density at radius 1 is 1.24 bits per heavy atom. The maximum absolute atomic E-state index is 12.6. The van der Waals surface area contributed by atoms with E-state index in [0.717, 1.165) is 18.3 Å². The number of rotatable bonds is 5. The van der Waals surface area contributed by atoms with Crippen molar-refractivity contribution in [2.24, 2.45) is 4.99 Å². The molecule has 0 fully saturated rings. The Morgan fingerprint density at radius 3 is 2.56 bits per heavy atom. The Hall–Kier alpha value is -2.16. The summed E-state index contributed by atoms with van der Waals surface area (Å²) in [5, 5.41) is 0.652. The Morgan fingerprint density at radius 2 is 1.92 bits per heavy atom. The lowest BCUT2D eigenvalue weighted by Gasteiger charge is -2.08. The van der Waals surface area contributed by atoms with Gasteiger partial charge < -0.3 is 0 Å². The summed E-state index contributed by atoms with van der Waals surface area (Å²) in [6.45, 7) is 0.128. The summed E-state index contributed by atoms with van der Waals surface area (Å²) >= 11 is 11.8. The standard InChI is InChI=1S/C15H11Cl2F3N4O/c16-12-6-21-7-13(17)11(12)5-23-24-14(25)8-22-10-3-1-2-9(4-10)15(18,19)20/h1-4,6-8,23H,5H2,(H,24,25). The van der Waals surface area contributed by atoms with Gasteiger partial charge in [0.2, 0.25) is 0 Å². The summed E-state index contributed by atoms with van der Waals surface area (Å²) in [4.78, 5) is 19.1. The molecule has 0 unspecified atom stereocenters. The van der Waals surface area contributed by atoms with Gasteiger partial charge in [0.15, 0.2) is 0 Å². The van der Waals surface area contributed by atoms with Crippen molar-refractivity contribution in [1.82, 2.24) is 15.8 Å². The molecule has 132 valence electrons. The first-order valence-corrected chi connectivity index (χ1v) is 7.55. The minimum absolute atomic E-state index is 0.00481. The van der Waals surface area contributed by atoms with E-state index < -0.39 is 17.6 Å². The van der Waals surface area contributed by atoms with Crippen LogP contribution in [-0.4, -0.2) is 17.1 Å². The summed E-state index contributed by atoms with van der Waals surface area (Å²) in [7, 11) is 0. The molecule has 0 atom stereocenters. The van der Waals surface area contributed by atoms with Crippen molar-refractivity contribution < 1.29 is 18.0 Å². The number of aliphatic imine (C=N–C) groups is 1. The van der Waals surface area contributed by atoms with E-state index in [4.69, 9.17) is 23.2 Å². The van der Waals surface area contributed by atoms with Gasteiger partial charge >= 0.3 is 6.18 Å². The topological polar surface area (TPSA) is 66.4 Å². The maximum atomic E-state index is 12.6. The zero-order chi connectivity index (χ0) is 18.4. The number of alkyl halides is 3. The second-order valence-corrected chi connectivity index (χ2v) is 5.55. The molecule has 0 radical (unpaired) electrons. The van der Waals surface area contributed by atoms with Gasteiger partial charge in [-0.05, 0) is 18.2 Å². The number of pyridine rings is 1. The van der Waals surface area contributed by atoms with Gasteiger partial charge in [-0.25, -0.2) is 5.43 Å². The van der Waals surface area contributed by atoms with Gasteiger partial charge in [-0.15, -0.1) is 0 Å². The molecule has 10 heteroatoms. The maximum Gasteiger partial charge on any atom is 0.416 e. The normalized spacial score (nSPS) is 11.7. The zero-order valence-corrected chi connectivity index (χ0v) is 14.0. The van der Waals surface area contributed by atoms with Gasteiger partial charge in [-0.2, -0.15) is 13.2 Å². The Kier molecular flexibility index (Phi) is 6.35. The number of carbonyl (C=O) groups is 1. The first-order chi connectivity index (χ1) is 11.8. The lowest BCUT2D eigenvalue weighted by Crippen LogP contribution is -2.37. The van der Waals surface area contributed by atoms with Crippen molar-refractivity contribution in [3.8, 4) is 0 Å². The van der Waals surface area contributed by atoms with Gasteiger partial charge in [0.25, 0.3) is 5.91 Å². The molecule has 25 heavy (non-hydrogen) atoms. The molecule has 1 amide bonds. The van der Waals surface area contributed by atoms with Crippen LogP contribution in [0, 0.1) is 0 Å². The summed E-state index contributed by atoms with van der Waals surface area (Å²) in [5.74, 6) is -0.654. The van der Waals surface area contributed by atoms with Crippen LogP contribution in [0.5, 0.6) is 0 Å². The van der Waals surface area contributed by atoms with Gasteiger partial charge in [0.05, 0.1) is 27.5 Å². The first kappa shape index (κ1) is 19.2. The predicted molar refractivity (Wildman–Crippen MR) is 88.8 cm³/mol. The summed E-state index contributed by atoms with van der Waals surface area (Å²) in [6, 6.07) is 4.32. The van der Waals surface area contributed by atoms with Crippen LogP contribution in [0.3, 0.4) is 0 Å². The van der Waals surface area contributed by atoms with Crippen molar-refractivity contribution in [2.75, 3.05) is 0 Å². The highest BCUT2D eigenvalue weighted by molar-refractivity contribution is 6.35. The van der Waals surface area contributed by atoms with Crippen LogP contribution in [0.1, 0.15) is 11.1 Å². The third-order valence-electron chi connectivity index (χ3n) is 2.93. The van der Waals surface area contributed by atoms with E-state index in [0.29, 0.717) is 15.6 Å². The lowest BCUT2D eigenvalue weighted by atomic mass is 10.2. The molecular weight excluding hydrogens is 380 g/mol. The predicted octanol–water partition coefficient (Wildman–Crippen LogP) is 3.93. The van der Waals surface area contributed by atoms with Crippen LogP contribution in [-0.2, 0) is 17.5 Å². The van der Waals surface area contributed by atoms with Crippen LogP contribution in [0.4, 0.5) is 18.9 Å². The number of amides is 1. The number of hydrogen-bond donors (Lipinski definition) is 2. The van der Waals surface area contributed by atoms with Gasteiger partial charge in [0.1, 0.15) is 0 Å². The van der Waals surface area contributed by atoms with Crippen molar-refractivity contribution >= 4 is 41.0 Å². The number of hydrazine groups is 1. The molecule has 0 aliphatic carbocycles. The molecule has 2 N–H and O–H groups in total. The summed E-state index contributed by atoms with van der Waals surface area (Å²) in [6.07, 6.45) is -0.806. The molecule has 2 aromatic rings. The molecule has 1 heterocycles. The zero-order valence-electron chi connectivity index (χ0n) is 12.4.